The van der Waals surface area contributed by atoms with Crippen molar-refractivity contribution in [2.45, 2.75) is 32.5 Å². The van der Waals surface area contributed by atoms with Gasteiger partial charge in [0.2, 0.25) is 0 Å². The van der Waals surface area contributed by atoms with Gasteiger partial charge < -0.3 is 20.1 Å². The number of carbonyl (C=O) groups is 2. The molecule has 0 radical (unpaired) electrons. The van der Waals surface area contributed by atoms with E-state index in [0.717, 1.165) is 34.0 Å². The second-order valence-corrected chi connectivity index (χ2v) is 11.2. The van der Waals surface area contributed by atoms with Gasteiger partial charge in [0.25, 0.3) is 5.91 Å². The average Bonchev–Trinajstić information content (AvgIpc) is 2.98. The van der Waals surface area contributed by atoms with E-state index < -0.39 is 29.6 Å². The van der Waals surface area contributed by atoms with Crippen molar-refractivity contribution in [3.05, 3.63) is 131 Å². The Morgan fingerprint density at radius 3 is 2.20 bits per heavy atom. The quantitative estimate of drug-likeness (QED) is 0.237. The maximum atomic E-state index is 14.1. The summed E-state index contributed by atoms with van der Waals surface area (Å²) >= 11 is 1.49. The molecule has 0 aliphatic carbocycles. The minimum absolute atomic E-state index is 0. The molecule has 1 atom stereocenters. The number of anilines is 1. The Bertz CT molecular complexity index is 1590. The van der Waals surface area contributed by atoms with Crippen molar-refractivity contribution in [2.75, 3.05) is 16.9 Å². The standard InChI is InChI=1S/C35H34F2N2O3S.Li/c1-4-24-9-12-29(13-10-24)39(22-26-17-27(36)20-28(37)18-26)21-25-11-14-31(32(19-25)30-8-6-5-7-23(30)2)34(40)38-33(35(41)42)15-16-43-3;/h4-14,17-20,33H,1,15-16,21-22H2,2-3H3,(H,38,40)(H,41,42);/q;+1/p-1. The molecule has 0 bridgehead atoms. The number of aliphatic carboxylic acids is 1. The van der Waals surface area contributed by atoms with Crippen LogP contribution in [-0.2, 0) is 17.9 Å². The van der Waals surface area contributed by atoms with E-state index in [4.69, 9.17) is 0 Å². The van der Waals surface area contributed by atoms with Crippen molar-refractivity contribution in [3.8, 4) is 11.1 Å². The van der Waals surface area contributed by atoms with Crippen LogP contribution in [0.2, 0.25) is 0 Å². The van der Waals surface area contributed by atoms with Crippen molar-refractivity contribution in [1.82, 2.24) is 5.32 Å². The monoisotopic (exact) mass is 606 g/mol. The summed E-state index contributed by atoms with van der Waals surface area (Å²) < 4.78 is 28.1. The summed E-state index contributed by atoms with van der Waals surface area (Å²) in [4.78, 5) is 27.2. The number of carboxylic acid groups (broad SMARTS) is 1. The first-order valence-corrected chi connectivity index (χ1v) is 15.2. The van der Waals surface area contributed by atoms with Crippen LogP contribution in [0.3, 0.4) is 0 Å². The third kappa shape index (κ3) is 9.09. The van der Waals surface area contributed by atoms with Gasteiger partial charge in [-0.05, 0) is 95.1 Å². The summed E-state index contributed by atoms with van der Waals surface area (Å²) in [6, 6.07) is 23.1. The van der Waals surface area contributed by atoms with Gasteiger partial charge in [-0.3, -0.25) is 4.79 Å². The van der Waals surface area contributed by atoms with Gasteiger partial charge in [0, 0.05) is 30.4 Å². The molecule has 9 heteroatoms. The van der Waals surface area contributed by atoms with Crippen molar-refractivity contribution in [2.24, 2.45) is 0 Å². The Balaban J connectivity index is 0.00000529. The second kappa shape index (κ2) is 16.3. The molecule has 0 saturated heterocycles. The molecule has 4 aromatic carbocycles. The van der Waals surface area contributed by atoms with Crippen LogP contribution in [0.25, 0.3) is 17.2 Å². The number of thioether (sulfide) groups is 1. The van der Waals surface area contributed by atoms with Crippen LogP contribution in [0.5, 0.6) is 0 Å². The van der Waals surface area contributed by atoms with Gasteiger partial charge in [0.05, 0.1) is 12.0 Å². The van der Waals surface area contributed by atoms with Crippen LogP contribution in [0.15, 0.2) is 91.5 Å². The predicted molar refractivity (Wildman–Crippen MR) is 169 cm³/mol. The Hall–Kier alpha value is -3.83. The fourth-order valence-electron chi connectivity index (χ4n) is 4.91. The van der Waals surface area contributed by atoms with E-state index in [0.29, 0.717) is 29.0 Å². The van der Waals surface area contributed by atoms with Gasteiger partial charge in [-0.1, -0.05) is 55.1 Å². The molecule has 0 aliphatic heterocycles. The number of nitrogens with zero attached hydrogens (tertiary/aromatic N) is 1. The number of benzene rings is 4. The molecule has 222 valence electrons. The van der Waals surface area contributed by atoms with Gasteiger partial charge in [0.15, 0.2) is 0 Å². The summed E-state index contributed by atoms with van der Waals surface area (Å²) in [5.41, 5.74) is 5.84. The van der Waals surface area contributed by atoms with Gasteiger partial charge in [0.1, 0.15) is 11.6 Å². The molecule has 0 fully saturated rings. The summed E-state index contributed by atoms with van der Waals surface area (Å²) in [6.45, 7) is 6.34. The minimum Gasteiger partial charge on any atom is -0.548 e. The molecule has 0 saturated carbocycles. The molecule has 0 aliphatic rings. The van der Waals surface area contributed by atoms with Crippen molar-refractivity contribution in [3.63, 3.8) is 0 Å². The number of carbonyl (C=O) groups excluding carboxylic acids is 2. The fourth-order valence-corrected chi connectivity index (χ4v) is 5.38. The van der Waals surface area contributed by atoms with Crippen LogP contribution >= 0.6 is 11.8 Å². The van der Waals surface area contributed by atoms with Gasteiger partial charge >= 0.3 is 18.9 Å². The third-order valence-electron chi connectivity index (χ3n) is 7.13. The third-order valence-corrected chi connectivity index (χ3v) is 7.77. The largest absolute Gasteiger partial charge is 1.00 e. The fraction of sp³-hybridized carbons (Fsp3) is 0.200. The molecular formula is C35H33F2LiN2O3S. The number of amides is 1. The number of hydrogen-bond acceptors (Lipinski definition) is 5. The molecule has 44 heavy (non-hydrogen) atoms. The van der Waals surface area contributed by atoms with E-state index in [2.05, 4.69) is 11.9 Å². The molecule has 1 amide bonds. The number of nitrogens with one attached hydrogen (secondary N) is 1. The Kier molecular flexibility index (Phi) is 12.8. The predicted octanol–water partition coefficient (Wildman–Crippen LogP) is 3.40. The normalized spacial score (nSPS) is 11.3. The molecule has 0 heterocycles. The van der Waals surface area contributed by atoms with Crippen molar-refractivity contribution in [1.29, 1.82) is 0 Å². The summed E-state index contributed by atoms with van der Waals surface area (Å²) in [6.07, 6.45) is 3.85. The number of halogens is 2. The summed E-state index contributed by atoms with van der Waals surface area (Å²) in [5.74, 6) is -2.58. The molecule has 4 aromatic rings. The first-order valence-electron chi connectivity index (χ1n) is 13.8. The van der Waals surface area contributed by atoms with E-state index >= 15 is 0 Å². The zero-order valence-corrected chi connectivity index (χ0v) is 25.9. The van der Waals surface area contributed by atoms with Crippen molar-refractivity contribution < 1.29 is 42.3 Å². The maximum Gasteiger partial charge on any atom is 1.00 e. The Morgan fingerprint density at radius 1 is 0.932 bits per heavy atom. The van der Waals surface area contributed by atoms with Crippen LogP contribution < -0.4 is 34.2 Å². The van der Waals surface area contributed by atoms with Crippen LogP contribution in [0, 0.1) is 18.6 Å². The van der Waals surface area contributed by atoms with E-state index in [9.17, 15) is 23.5 Å². The topological polar surface area (TPSA) is 72.5 Å². The molecule has 0 aromatic heterocycles. The Labute approximate surface area is 273 Å². The van der Waals surface area contributed by atoms with Crippen molar-refractivity contribution >= 4 is 35.4 Å². The maximum absolute atomic E-state index is 14.1. The molecule has 1 unspecified atom stereocenters. The van der Waals surface area contributed by atoms with Crippen LogP contribution in [-0.4, -0.2) is 29.9 Å². The Morgan fingerprint density at radius 2 is 1.59 bits per heavy atom. The van der Waals surface area contributed by atoms with Gasteiger partial charge in [-0.25, -0.2) is 8.78 Å². The summed E-state index contributed by atoms with van der Waals surface area (Å²) in [5, 5.41) is 14.4. The second-order valence-electron chi connectivity index (χ2n) is 10.3. The molecular weight excluding hydrogens is 573 g/mol. The van der Waals surface area contributed by atoms with Gasteiger partial charge in [-0.15, -0.1) is 0 Å². The number of carboxylic acids is 1. The smallest absolute Gasteiger partial charge is 0.548 e. The van der Waals surface area contributed by atoms with Crippen LogP contribution in [0.1, 0.15) is 39.0 Å². The molecule has 4 rings (SSSR count). The van der Waals surface area contributed by atoms with E-state index in [1.807, 2.05) is 78.7 Å². The zero-order chi connectivity index (χ0) is 30.9. The number of aryl methyl sites for hydroxylation is 1. The first-order chi connectivity index (χ1) is 20.7. The average molecular weight is 607 g/mol. The molecule has 5 nitrogen and oxygen atoms in total. The van der Waals surface area contributed by atoms with Crippen LogP contribution in [0.4, 0.5) is 14.5 Å². The summed E-state index contributed by atoms with van der Waals surface area (Å²) in [7, 11) is 0. The number of rotatable bonds is 13. The SMILES string of the molecule is C=Cc1ccc(N(Cc2cc(F)cc(F)c2)Cc2ccc(C(=O)NC(CCSC)C(=O)[O-])c(-c3ccccc3C)c2)cc1.[Li+]. The van der Waals surface area contributed by atoms with E-state index in [-0.39, 0.29) is 31.8 Å². The van der Waals surface area contributed by atoms with E-state index in [1.165, 1.54) is 23.9 Å². The van der Waals surface area contributed by atoms with E-state index in [1.54, 1.807) is 12.1 Å². The van der Waals surface area contributed by atoms with Gasteiger partial charge in [-0.2, -0.15) is 11.8 Å². The molecule has 0 spiro atoms. The molecule has 1 N–H and O–H groups in total. The number of hydrogen-bond donors (Lipinski definition) is 1. The zero-order valence-electron chi connectivity index (χ0n) is 25.1. The first kappa shape index (κ1) is 34.7. The minimum atomic E-state index is -1.33.